The molecule has 0 saturated carbocycles. The van der Waals surface area contributed by atoms with Gasteiger partial charge >= 0.3 is 5.91 Å². The van der Waals surface area contributed by atoms with E-state index in [-0.39, 0.29) is 11.6 Å². The first kappa shape index (κ1) is 10.8. The molecule has 0 radical (unpaired) electrons. The van der Waals surface area contributed by atoms with Crippen molar-refractivity contribution in [3.05, 3.63) is 42.0 Å². The van der Waals surface area contributed by atoms with E-state index in [9.17, 15) is 9.90 Å². The summed E-state index contributed by atoms with van der Waals surface area (Å²) in [5.41, 5.74) is 2.75. The first-order valence-electron chi connectivity index (χ1n) is 4.74. The Labute approximate surface area is 96.2 Å². The van der Waals surface area contributed by atoms with Crippen LogP contribution in [0.5, 0.6) is 5.75 Å². The van der Waals surface area contributed by atoms with Crippen molar-refractivity contribution in [3.63, 3.8) is 0 Å². The molecule has 0 spiro atoms. The van der Waals surface area contributed by atoms with Crippen molar-refractivity contribution < 1.29 is 9.90 Å². The number of amides is 1. The lowest BCUT2D eigenvalue weighted by molar-refractivity contribution is 0.0945. The highest BCUT2D eigenvalue weighted by molar-refractivity contribution is 5.91. The number of H-pyrrole nitrogens is 1. The van der Waals surface area contributed by atoms with Gasteiger partial charge in [0.2, 0.25) is 5.82 Å². The minimum Gasteiger partial charge on any atom is -0.507 e. The van der Waals surface area contributed by atoms with E-state index < -0.39 is 5.91 Å². The summed E-state index contributed by atoms with van der Waals surface area (Å²) >= 11 is 0. The Hall–Kier alpha value is -2.70. The summed E-state index contributed by atoms with van der Waals surface area (Å²) < 4.78 is 0. The standard InChI is InChI=1S/C10H9N5O2/c16-8-4-2-1-3-7(8)5-12-15-10(17)9-11-6-13-14-9/h1-6,16H,(H,15,17)(H,11,13,14)/b12-5+. The van der Waals surface area contributed by atoms with Crippen molar-refractivity contribution >= 4 is 12.1 Å². The molecule has 1 aromatic carbocycles. The Bertz CT molecular complexity index is 535. The molecule has 86 valence electrons. The van der Waals surface area contributed by atoms with Gasteiger partial charge in [-0.1, -0.05) is 12.1 Å². The van der Waals surface area contributed by atoms with Crippen LogP contribution in [-0.2, 0) is 0 Å². The fraction of sp³-hybridized carbons (Fsp3) is 0. The molecular formula is C10H9N5O2. The number of hydrogen-bond acceptors (Lipinski definition) is 5. The van der Waals surface area contributed by atoms with Gasteiger partial charge in [-0.05, 0) is 12.1 Å². The Balaban J connectivity index is 1.99. The van der Waals surface area contributed by atoms with Crippen LogP contribution in [0.1, 0.15) is 16.2 Å². The first-order valence-corrected chi connectivity index (χ1v) is 4.74. The van der Waals surface area contributed by atoms with Crippen LogP contribution in [-0.4, -0.2) is 32.4 Å². The minimum absolute atomic E-state index is 0.0689. The quantitative estimate of drug-likeness (QED) is 0.521. The second-order valence-corrected chi connectivity index (χ2v) is 3.09. The molecule has 0 atom stereocenters. The highest BCUT2D eigenvalue weighted by Crippen LogP contribution is 2.12. The third-order valence-corrected chi connectivity index (χ3v) is 1.94. The first-order chi connectivity index (χ1) is 8.27. The molecule has 0 fully saturated rings. The average molecular weight is 231 g/mol. The lowest BCUT2D eigenvalue weighted by Gasteiger charge is -1.97. The summed E-state index contributed by atoms with van der Waals surface area (Å²) in [7, 11) is 0. The Morgan fingerprint density at radius 1 is 1.47 bits per heavy atom. The normalized spacial score (nSPS) is 10.6. The minimum atomic E-state index is -0.505. The molecule has 1 heterocycles. The Morgan fingerprint density at radius 2 is 2.29 bits per heavy atom. The van der Waals surface area contributed by atoms with Crippen molar-refractivity contribution in [1.29, 1.82) is 0 Å². The second-order valence-electron chi connectivity index (χ2n) is 3.09. The fourth-order valence-corrected chi connectivity index (χ4v) is 1.12. The molecule has 3 N–H and O–H groups in total. The van der Waals surface area contributed by atoms with E-state index in [0.29, 0.717) is 5.56 Å². The number of carbonyl (C=O) groups excluding carboxylic acids is 1. The molecule has 0 aliphatic carbocycles. The molecule has 0 saturated heterocycles. The number of phenols is 1. The molecule has 0 aliphatic rings. The molecule has 0 aliphatic heterocycles. The van der Waals surface area contributed by atoms with Gasteiger partial charge in [-0.2, -0.15) is 10.2 Å². The fourth-order valence-electron chi connectivity index (χ4n) is 1.12. The number of aromatic hydroxyl groups is 1. The number of benzene rings is 1. The van der Waals surface area contributed by atoms with Crippen molar-refractivity contribution in [1.82, 2.24) is 20.6 Å². The zero-order valence-electron chi connectivity index (χ0n) is 8.66. The van der Waals surface area contributed by atoms with Crippen LogP contribution < -0.4 is 5.43 Å². The highest BCUT2D eigenvalue weighted by atomic mass is 16.3. The van der Waals surface area contributed by atoms with Gasteiger partial charge in [0, 0.05) is 5.56 Å². The zero-order valence-corrected chi connectivity index (χ0v) is 8.66. The molecule has 0 bridgehead atoms. The SMILES string of the molecule is O=C(N/N=C/c1ccccc1O)c1ncn[nH]1. The summed E-state index contributed by atoms with van der Waals surface area (Å²) in [5, 5.41) is 19.0. The second kappa shape index (κ2) is 4.88. The number of rotatable bonds is 3. The van der Waals surface area contributed by atoms with Crippen molar-refractivity contribution in [2.75, 3.05) is 0 Å². The van der Waals surface area contributed by atoms with E-state index in [1.54, 1.807) is 18.2 Å². The molecule has 2 rings (SSSR count). The largest absolute Gasteiger partial charge is 0.507 e. The maximum atomic E-state index is 11.4. The van der Waals surface area contributed by atoms with Gasteiger partial charge in [-0.15, -0.1) is 0 Å². The van der Waals surface area contributed by atoms with E-state index in [1.165, 1.54) is 18.6 Å². The van der Waals surface area contributed by atoms with Crippen LogP contribution >= 0.6 is 0 Å². The third-order valence-electron chi connectivity index (χ3n) is 1.94. The van der Waals surface area contributed by atoms with Crippen LogP contribution in [0, 0.1) is 0 Å². The molecule has 17 heavy (non-hydrogen) atoms. The molecule has 0 unspecified atom stereocenters. The number of aromatic amines is 1. The number of aromatic nitrogens is 3. The third kappa shape index (κ3) is 2.65. The monoisotopic (exact) mass is 231 g/mol. The van der Waals surface area contributed by atoms with E-state index in [4.69, 9.17) is 0 Å². The van der Waals surface area contributed by atoms with Gasteiger partial charge in [0.25, 0.3) is 0 Å². The number of hydrazone groups is 1. The Morgan fingerprint density at radius 3 is 3.00 bits per heavy atom. The summed E-state index contributed by atoms with van der Waals surface area (Å²) in [4.78, 5) is 15.0. The van der Waals surface area contributed by atoms with Crippen LogP contribution in [0.25, 0.3) is 0 Å². The van der Waals surface area contributed by atoms with Gasteiger partial charge in [-0.25, -0.2) is 10.4 Å². The predicted molar refractivity (Wildman–Crippen MR) is 59.5 cm³/mol. The van der Waals surface area contributed by atoms with E-state index >= 15 is 0 Å². The molecule has 1 aromatic heterocycles. The summed E-state index contributed by atoms with van der Waals surface area (Å²) in [5.74, 6) is -0.348. The van der Waals surface area contributed by atoms with Crippen LogP contribution in [0.3, 0.4) is 0 Å². The number of nitrogens with one attached hydrogen (secondary N) is 2. The number of nitrogens with zero attached hydrogens (tertiary/aromatic N) is 3. The van der Waals surface area contributed by atoms with Gasteiger partial charge in [-0.3, -0.25) is 9.89 Å². The number of carbonyl (C=O) groups is 1. The maximum Gasteiger partial charge on any atom is 0.308 e. The lowest BCUT2D eigenvalue weighted by Crippen LogP contribution is -2.19. The van der Waals surface area contributed by atoms with Gasteiger partial charge in [0.1, 0.15) is 12.1 Å². The zero-order chi connectivity index (χ0) is 12.1. The van der Waals surface area contributed by atoms with E-state index in [1.807, 2.05) is 0 Å². The number of phenolic OH excluding ortho intramolecular Hbond substituents is 1. The summed E-state index contributed by atoms with van der Waals surface area (Å²) in [6, 6.07) is 6.64. The van der Waals surface area contributed by atoms with E-state index in [0.717, 1.165) is 0 Å². The summed E-state index contributed by atoms with van der Waals surface area (Å²) in [6.07, 6.45) is 2.56. The van der Waals surface area contributed by atoms with Crippen LogP contribution in [0.2, 0.25) is 0 Å². The topological polar surface area (TPSA) is 103 Å². The molecule has 1 amide bonds. The maximum absolute atomic E-state index is 11.4. The van der Waals surface area contributed by atoms with E-state index in [2.05, 4.69) is 25.7 Å². The number of hydrogen-bond donors (Lipinski definition) is 3. The molecule has 2 aromatic rings. The van der Waals surface area contributed by atoms with Gasteiger partial charge in [0.15, 0.2) is 0 Å². The summed E-state index contributed by atoms with van der Waals surface area (Å²) in [6.45, 7) is 0. The van der Waals surface area contributed by atoms with Crippen molar-refractivity contribution in [2.45, 2.75) is 0 Å². The van der Waals surface area contributed by atoms with Crippen molar-refractivity contribution in [3.8, 4) is 5.75 Å². The number of para-hydroxylation sites is 1. The van der Waals surface area contributed by atoms with Crippen LogP contribution in [0.4, 0.5) is 0 Å². The molecular weight excluding hydrogens is 222 g/mol. The molecule has 7 nitrogen and oxygen atoms in total. The van der Waals surface area contributed by atoms with Gasteiger partial charge < -0.3 is 5.11 Å². The highest BCUT2D eigenvalue weighted by Gasteiger charge is 2.06. The lowest BCUT2D eigenvalue weighted by atomic mass is 10.2. The smallest absolute Gasteiger partial charge is 0.308 e. The average Bonchev–Trinajstić information content (AvgIpc) is 2.85. The molecule has 7 heteroatoms. The Kier molecular flexibility index (Phi) is 3.10. The predicted octanol–water partition coefficient (Wildman–Crippen LogP) is 0.274. The van der Waals surface area contributed by atoms with Gasteiger partial charge in [0.05, 0.1) is 6.21 Å². The van der Waals surface area contributed by atoms with Crippen LogP contribution in [0.15, 0.2) is 35.7 Å². The van der Waals surface area contributed by atoms with Crippen molar-refractivity contribution in [2.24, 2.45) is 5.10 Å².